The van der Waals surface area contributed by atoms with Crippen LogP contribution in [0, 0.1) is 0 Å². The summed E-state index contributed by atoms with van der Waals surface area (Å²) in [6.07, 6.45) is 7.12. The van der Waals surface area contributed by atoms with E-state index in [2.05, 4.69) is 135 Å². The molecule has 0 bridgehead atoms. The van der Waals surface area contributed by atoms with E-state index in [0.717, 1.165) is 46.4 Å². The number of hydrogen-bond acceptors (Lipinski definition) is 2. The Morgan fingerprint density at radius 1 is 0.380 bits per heavy atom. The lowest BCUT2D eigenvalue weighted by molar-refractivity contribution is 0.796. The molecule has 0 aliphatic carbocycles. The maximum absolute atomic E-state index is 5.25. The molecule has 2 heterocycles. The first-order valence-electron chi connectivity index (χ1n) is 18.4. The zero-order chi connectivity index (χ0) is 33.3. The number of unbranched alkanes of at least 4 members (excludes halogenated alkanes) is 2. The van der Waals surface area contributed by atoms with Crippen LogP contribution in [0.15, 0.2) is 121 Å². The number of aryl methyl sites for hydroxylation is 2. The average molecular weight is 643 g/mol. The zero-order valence-corrected chi connectivity index (χ0v) is 28.7. The van der Waals surface area contributed by atoms with Crippen molar-refractivity contribution < 1.29 is 0 Å². The minimum atomic E-state index is 0.775. The Hall–Kier alpha value is -5.60. The van der Waals surface area contributed by atoms with Gasteiger partial charge in [0.1, 0.15) is 0 Å². The third-order valence-electron chi connectivity index (χ3n) is 11.1. The van der Waals surface area contributed by atoms with Crippen molar-refractivity contribution in [2.75, 3.05) is 0 Å². The number of nitrogens with zero attached hydrogens (tertiary/aromatic N) is 2. The highest BCUT2D eigenvalue weighted by molar-refractivity contribution is 6.26. The summed E-state index contributed by atoms with van der Waals surface area (Å²) in [4.78, 5) is 10.5. The third kappa shape index (κ3) is 4.55. The van der Waals surface area contributed by atoms with Gasteiger partial charge in [-0.3, -0.25) is 0 Å². The van der Waals surface area contributed by atoms with Crippen molar-refractivity contribution in [1.29, 1.82) is 0 Å². The molecule has 2 aromatic heterocycles. The van der Waals surface area contributed by atoms with Gasteiger partial charge in [-0.2, -0.15) is 0 Å². The van der Waals surface area contributed by atoms with Crippen LogP contribution in [-0.2, 0) is 12.8 Å². The quantitative estimate of drug-likeness (QED) is 0.154. The topological polar surface area (TPSA) is 25.8 Å². The van der Waals surface area contributed by atoms with Gasteiger partial charge in [0.2, 0.25) is 0 Å². The van der Waals surface area contributed by atoms with E-state index in [0.29, 0.717) is 0 Å². The lowest BCUT2D eigenvalue weighted by atomic mass is 9.89. The van der Waals surface area contributed by atoms with Crippen LogP contribution < -0.4 is 0 Å². The molecule has 10 rings (SSSR count). The summed E-state index contributed by atoms with van der Waals surface area (Å²) in [5.41, 5.74) is 7.84. The molecule has 0 atom stereocenters. The zero-order valence-electron chi connectivity index (χ0n) is 28.7. The summed E-state index contributed by atoms with van der Waals surface area (Å²) in [7, 11) is 0. The molecule has 0 N–H and O–H groups in total. The van der Waals surface area contributed by atoms with Gasteiger partial charge in [0, 0.05) is 16.5 Å². The SMILES string of the molecule is CCCCc1cc2ccc3ccc(-c4ccc5ccc(-c6ccc7ccc8cc(CCCC)cc9ccc6c7c89)nc5n4)c4ccc(c1)c2c34. The molecule has 10 aromatic rings. The molecule has 0 saturated carbocycles. The van der Waals surface area contributed by atoms with Gasteiger partial charge in [-0.15, -0.1) is 0 Å². The molecule has 0 radical (unpaired) electrons. The van der Waals surface area contributed by atoms with Crippen LogP contribution in [0.4, 0.5) is 0 Å². The van der Waals surface area contributed by atoms with Gasteiger partial charge in [-0.25, -0.2) is 9.97 Å². The van der Waals surface area contributed by atoms with Crippen molar-refractivity contribution in [1.82, 2.24) is 9.97 Å². The van der Waals surface area contributed by atoms with Gasteiger partial charge in [0.25, 0.3) is 0 Å². The molecule has 8 aromatic carbocycles. The summed E-state index contributed by atoms with van der Waals surface area (Å²) in [5, 5.41) is 16.8. The monoisotopic (exact) mass is 642 g/mol. The predicted molar refractivity (Wildman–Crippen MR) is 215 cm³/mol. The van der Waals surface area contributed by atoms with Crippen molar-refractivity contribution in [2.24, 2.45) is 0 Å². The molecule has 2 heteroatoms. The average Bonchev–Trinajstić information content (AvgIpc) is 3.16. The Labute approximate surface area is 292 Å². The van der Waals surface area contributed by atoms with Crippen LogP contribution in [0.1, 0.15) is 50.7 Å². The summed E-state index contributed by atoms with van der Waals surface area (Å²) in [6.45, 7) is 4.53. The standard InChI is InChI=1S/C48H38N2/c1-3-5-7-29-25-34-11-9-31-13-19-38(40-21-15-36(27-29)44(34)46(31)40)42-23-17-33-18-24-43(50-48(33)49-42)39-20-14-32-10-12-35-26-30(8-6-4-2)28-37-16-22-41(39)47(32)45(35)37/h9-28H,3-8H2,1-2H3. The van der Waals surface area contributed by atoms with E-state index in [1.807, 2.05) is 0 Å². The largest absolute Gasteiger partial charge is 0.228 e. The fourth-order valence-electron chi connectivity index (χ4n) is 8.56. The second-order valence-corrected chi connectivity index (χ2v) is 14.3. The third-order valence-corrected chi connectivity index (χ3v) is 11.1. The van der Waals surface area contributed by atoms with Gasteiger partial charge in [0.15, 0.2) is 5.65 Å². The van der Waals surface area contributed by atoms with Crippen molar-refractivity contribution in [3.05, 3.63) is 132 Å². The van der Waals surface area contributed by atoms with Crippen LogP contribution in [0.3, 0.4) is 0 Å². The van der Waals surface area contributed by atoms with Gasteiger partial charge < -0.3 is 0 Å². The van der Waals surface area contributed by atoms with E-state index >= 15 is 0 Å². The first-order chi connectivity index (χ1) is 24.7. The molecule has 0 unspecified atom stereocenters. The first kappa shape index (κ1) is 29.3. The molecule has 240 valence electrons. The second kappa shape index (κ2) is 11.5. The molecule has 0 amide bonds. The number of pyridine rings is 2. The van der Waals surface area contributed by atoms with E-state index in [1.54, 1.807) is 0 Å². The lowest BCUT2D eigenvalue weighted by Crippen LogP contribution is -1.94. The van der Waals surface area contributed by atoms with E-state index in [-0.39, 0.29) is 0 Å². The van der Waals surface area contributed by atoms with Crippen LogP contribution >= 0.6 is 0 Å². The minimum absolute atomic E-state index is 0.775. The molecular formula is C48H38N2. The number of benzene rings is 8. The van der Waals surface area contributed by atoms with E-state index in [4.69, 9.17) is 9.97 Å². The fourth-order valence-corrected chi connectivity index (χ4v) is 8.56. The second-order valence-electron chi connectivity index (χ2n) is 14.3. The highest BCUT2D eigenvalue weighted by atomic mass is 14.9. The number of aromatic nitrogens is 2. The maximum Gasteiger partial charge on any atom is 0.160 e. The van der Waals surface area contributed by atoms with E-state index in [1.165, 1.54) is 101 Å². The lowest BCUT2D eigenvalue weighted by Gasteiger charge is -2.16. The Morgan fingerprint density at radius 3 is 1.20 bits per heavy atom. The van der Waals surface area contributed by atoms with Crippen LogP contribution in [0.25, 0.3) is 98.2 Å². The summed E-state index contributed by atoms with van der Waals surface area (Å²) >= 11 is 0. The minimum Gasteiger partial charge on any atom is -0.228 e. The molecule has 0 fully saturated rings. The Kier molecular flexibility index (Phi) is 6.74. The van der Waals surface area contributed by atoms with E-state index in [9.17, 15) is 0 Å². The van der Waals surface area contributed by atoms with Crippen molar-refractivity contribution >= 4 is 75.7 Å². The Bertz CT molecular complexity index is 2670. The number of hydrogen-bond donors (Lipinski definition) is 0. The van der Waals surface area contributed by atoms with Crippen molar-refractivity contribution in [3.63, 3.8) is 0 Å². The molecule has 50 heavy (non-hydrogen) atoms. The maximum atomic E-state index is 5.25. The highest BCUT2D eigenvalue weighted by Crippen LogP contribution is 2.42. The fraction of sp³-hybridized carbons (Fsp3) is 0.167. The Morgan fingerprint density at radius 2 is 0.760 bits per heavy atom. The Balaban J connectivity index is 1.10. The van der Waals surface area contributed by atoms with Gasteiger partial charge in [-0.1, -0.05) is 124 Å². The van der Waals surface area contributed by atoms with Crippen LogP contribution in [-0.4, -0.2) is 9.97 Å². The molecular weight excluding hydrogens is 605 g/mol. The molecule has 2 nitrogen and oxygen atoms in total. The molecule has 0 saturated heterocycles. The van der Waals surface area contributed by atoms with Crippen molar-refractivity contribution in [2.45, 2.75) is 52.4 Å². The van der Waals surface area contributed by atoms with E-state index < -0.39 is 0 Å². The summed E-state index contributed by atoms with van der Waals surface area (Å²) in [6, 6.07) is 45.6. The molecule has 0 aliphatic rings. The van der Waals surface area contributed by atoms with Gasteiger partial charge in [-0.05, 0) is 126 Å². The molecule has 0 spiro atoms. The van der Waals surface area contributed by atoms with Crippen LogP contribution in [0.2, 0.25) is 0 Å². The number of rotatable bonds is 8. The van der Waals surface area contributed by atoms with Gasteiger partial charge >= 0.3 is 0 Å². The first-order valence-corrected chi connectivity index (χ1v) is 18.4. The predicted octanol–water partition coefficient (Wildman–Crippen LogP) is 13.4. The molecule has 0 aliphatic heterocycles. The normalized spacial score (nSPS) is 12.3. The number of fused-ring (bicyclic) bond motifs is 1. The smallest absolute Gasteiger partial charge is 0.160 e. The summed E-state index contributed by atoms with van der Waals surface area (Å²) < 4.78 is 0. The highest BCUT2D eigenvalue weighted by Gasteiger charge is 2.17. The summed E-state index contributed by atoms with van der Waals surface area (Å²) in [5.74, 6) is 0. The van der Waals surface area contributed by atoms with Crippen molar-refractivity contribution in [3.8, 4) is 22.5 Å². The van der Waals surface area contributed by atoms with Gasteiger partial charge in [0.05, 0.1) is 11.4 Å². The van der Waals surface area contributed by atoms with Crippen LogP contribution in [0.5, 0.6) is 0 Å².